The molecule has 2 aromatic carbocycles. The van der Waals surface area contributed by atoms with Gasteiger partial charge in [-0.1, -0.05) is 66.2 Å². The van der Waals surface area contributed by atoms with Crippen LogP contribution in [-0.2, 0) is 6.42 Å². The molecule has 1 aromatic heterocycles. The number of nitrogens with one attached hydrogen (secondary N) is 1. The van der Waals surface area contributed by atoms with E-state index in [-0.39, 0.29) is 6.03 Å². The molecule has 3 aromatic rings. The highest BCUT2D eigenvalue weighted by Crippen LogP contribution is 2.37. The van der Waals surface area contributed by atoms with E-state index in [4.69, 9.17) is 16.1 Å². The van der Waals surface area contributed by atoms with Crippen LogP contribution in [0, 0.1) is 0 Å². The van der Waals surface area contributed by atoms with Gasteiger partial charge in [0.25, 0.3) is 5.89 Å². The van der Waals surface area contributed by atoms with Crippen LogP contribution in [0.3, 0.4) is 0 Å². The third-order valence-corrected chi connectivity index (χ3v) is 5.60. The normalized spacial score (nSPS) is 16.4. The first kappa shape index (κ1) is 20.9. The van der Waals surface area contributed by atoms with Crippen LogP contribution in [0.25, 0.3) is 17.0 Å². The average molecular weight is 435 g/mol. The van der Waals surface area contributed by atoms with Gasteiger partial charge in [-0.25, -0.2) is 4.79 Å². The van der Waals surface area contributed by atoms with E-state index < -0.39 is 6.04 Å². The minimum Gasteiger partial charge on any atom is -0.334 e. The first-order valence-electron chi connectivity index (χ1n) is 10.1. The van der Waals surface area contributed by atoms with Crippen molar-refractivity contribution in [1.82, 2.24) is 20.4 Å². The van der Waals surface area contributed by atoms with E-state index in [1.165, 1.54) is 5.56 Å². The predicted octanol–water partition coefficient (Wildman–Crippen LogP) is 5.64. The fourth-order valence-corrected chi connectivity index (χ4v) is 3.87. The molecular weight excluding hydrogens is 412 g/mol. The van der Waals surface area contributed by atoms with E-state index in [9.17, 15) is 4.79 Å². The molecule has 0 saturated carbocycles. The van der Waals surface area contributed by atoms with Gasteiger partial charge in [-0.05, 0) is 36.6 Å². The van der Waals surface area contributed by atoms with E-state index in [1.54, 1.807) is 23.1 Å². The van der Waals surface area contributed by atoms with Crippen molar-refractivity contribution < 1.29 is 9.32 Å². The van der Waals surface area contributed by atoms with Crippen LogP contribution >= 0.6 is 11.6 Å². The van der Waals surface area contributed by atoms with Gasteiger partial charge in [0.05, 0.1) is 11.6 Å². The molecule has 1 atom stereocenters. The zero-order chi connectivity index (χ0) is 22.0. The number of allylic oxidation sites excluding steroid dienone is 1. The number of halogens is 1. The van der Waals surface area contributed by atoms with E-state index >= 15 is 0 Å². The zero-order valence-electron chi connectivity index (χ0n) is 17.4. The largest absolute Gasteiger partial charge is 0.334 e. The summed E-state index contributed by atoms with van der Waals surface area (Å²) in [5.41, 5.74) is 4.43. The maximum atomic E-state index is 12.8. The zero-order valence-corrected chi connectivity index (χ0v) is 18.2. The smallest absolute Gasteiger partial charge is 0.322 e. The highest BCUT2D eigenvalue weighted by Gasteiger charge is 2.35. The minimum absolute atomic E-state index is 0.194. The van der Waals surface area contributed by atoms with Gasteiger partial charge in [0.15, 0.2) is 0 Å². The second-order valence-corrected chi connectivity index (χ2v) is 7.75. The molecule has 0 aliphatic carbocycles. The number of aromatic nitrogens is 2. The maximum absolute atomic E-state index is 12.8. The van der Waals surface area contributed by atoms with Gasteiger partial charge in [-0.2, -0.15) is 4.98 Å². The first-order chi connectivity index (χ1) is 15.0. The molecule has 2 heterocycles. The summed E-state index contributed by atoms with van der Waals surface area (Å²) >= 11 is 6.11. The highest BCUT2D eigenvalue weighted by molar-refractivity contribution is 6.30. The molecule has 1 aliphatic heterocycles. The third-order valence-electron chi connectivity index (χ3n) is 5.37. The fourth-order valence-electron chi connectivity index (χ4n) is 3.68. The molecule has 31 heavy (non-hydrogen) atoms. The van der Waals surface area contributed by atoms with Crippen molar-refractivity contribution in [3.05, 3.63) is 88.9 Å². The Morgan fingerprint density at radius 2 is 2.03 bits per heavy atom. The number of benzene rings is 2. The summed E-state index contributed by atoms with van der Waals surface area (Å²) in [5.74, 6) is 0.788. The molecule has 0 bridgehead atoms. The van der Waals surface area contributed by atoms with Crippen LogP contribution in [-0.4, -0.2) is 27.6 Å². The lowest BCUT2D eigenvalue weighted by molar-refractivity contribution is 0.209. The Morgan fingerprint density at radius 1 is 1.26 bits per heavy atom. The van der Waals surface area contributed by atoms with E-state index in [0.29, 0.717) is 23.3 Å². The number of hydrogen-bond acceptors (Lipinski definition) is 4. The third kappa shape index (κ3) is 4.11. The predicted molar refractivity (Wildman–Crippen MR) is 121 cm³/mol. The van der Waals surface area contributed by atoms with Gasteiger partial charge in [0.1, 0.15) is 0 Å². The van der Waals surface area contributed by atoms with E-state index in [0.717, 1.165) is 28.8 Å². The quantitative estimate of drug-likeness (QED) is 0.510. The van der Waals surface area contributed by atoms with Crippen LogP contribution in [0.2, 0.25) is 5.02 Å². The summed E-state index contributed by atoms with van der Waals surface area (Å²) in [5, 5.41) is 7.82. The highest BCUT2D eigenvalue weighted by atomic mass is 35.5. The summed E-state index contributed by atoms with van der Waals surface area (Å²) in [7, 11) is 0. The molecule has 7 heteroatoms. The number of amides is 2. The van der Waals surface area contributed by atoms with E-state index in [2.05, 4.69) is 41.1 Å². The molecule has 0 radical (unpaired) electrons. The van der Waals surface area contributed by atoms with Gasteiger partial charge in [0.2, 0.25) is 5.82 Å². The molecule has 1 aliphatic rings. The summed E-state index contributed by atoms with van der Waals surface area (Å²) in [4.78, 5) is 19.0. The molecule has 0 fully saturated rings. The summed E-state index contributed by atoms with van der Waals surface area (Å²) in [6.07, 6.45) is 2.63. The monoisotopic (exact) mass is 434 g/mol. The SMILES string of the molecule is C=CCN1C(=O)NC(c2ccc(CC)cc2)C(c2nc(-c3cccc(Cl)c3)no2)=C1C. The van der Waals surface area contributed by atoms with Gasteiger partial charge in [0, 0.05) is 22.8 Å². The van der Waals surface area contributed by atoms with Crippen LogP contribution < -0.4 is 5.32 Å². The lowest BCUT2D eigenvalue weighted by atomic mass is 9.93. The van der Waals surface area contributed by atoms with Crippen molar-refractivity contribution in [1.29, 1.82) is 0 Å². The molecule has 2 amide bonds. The number of aryl methyl sites for hydroxylation is 1. The molecule has 4 rings (SSSR count). The van der Waals surface area contributed by atoms with Crippen LogP contribution in [0.5, 0.6) is 0 Å². The van der Waals surface area contributed by atoms with Crippen molar-refractivity contribution in [2.45, 2.75) is 26.3 Å². The summed E-state index contributed by atoms with van der Waals surface area (Å²) in [6, 6.07) is 14.9. The number of carbonyl (C=O) groups is 1. The lowest BCUT2D eigenvalue weighted by Crippen LogP contribution is -2.46. The van der Waals surface area contributed by atoms with Gasteiger partial charge in [-0.3, -0.25) is 4.90 Å². The Hall–Kier alpha value is -3.38. The van der Waals surface area contributed by atoms with Crippen LogP contribution in [0.4, 0.5) is 4.79 Å². The Morgan fingerprint density at radius 3 is 2.71 bits per heavy atom. The maximum Gasteiger partial charge on any atom is 0.322 e. The van der Waals surface area contributed by atoms with E-state index in [1.807, 2.05) is 31.2 Å². The molecule has 1 unspecified atom stereocenters. The number of nitrogens with zero attached hydrogens (tertiary/aromatic N) is 3. The topological polar surface area (TPSA) is 71.3 Å². The minimum atomic E-state index is -0.410. The fraction of sp³-hybridized carbons (Fsp3) is 0.208. The Labute approximate surface area is 186 Å². The first-order valence-corrected chi connectivity index (χ1v) is 10.5. The molecule has 1 N–H and O–H groups in total. The Bertz CT molecular complexity index is 1150. The number of rotatable bonds is 6. The van der Waals surface area contributed by atoms with Gasteiger partial charge >= 0.3 is 6.03 Å². The molecular formula is C24H23ClN4O2. The van der Waals surface area contributed by atoms with Crippen LogP contribution in [0.1, 0.15) is 36.9 Å². The van der Waals surface area contributed by atoms with Crippen LogP contribution in [0.15, 0.2) is 71.4 Å². The standard InChI is InChI=1S/C24H23ClN4O2/c1-4-13-29-15(3)20(21(26-24(29)30)17-11-9-16(5-2)10-12-17)23-27-22(28-31-23)18-7-6-8-19(25)14-18/h4,6-12,14,21H,1,5,13H2,2-3H3,(H,26,30). The van der Waals surface area contributed by atoms with Crippen molar-refractivity contribution in [2.24, 2.45) is 0 Å². The van der Waals surface area contributed by atoms with Crippen molar-refractivity contribution >= 4 is 23.2 Å². The Kier molecular flexibility index (Phi) is 5.91. The molecule has 0 saturated heterocycles. The molecule has 0 spiro atoms. The average Bonchev–Trinajstić information content (AvgIpc) is 3.26. The second-order valence-electron chi connectivity index (χ2n) is 7.31. The van der Waals surface area contributed by atoms with Crippen molar-refractivity contribution in [3.8, 4) is 11.4 Å². The Balaban J connectivity index is 1.81. The van der Waals surface area contributed by atoms with Gasteiger partial charge in [-0.15, -0.1) is 6.58 Å². The number of urea groups is 1. The number of hydrogen-bond donors (Lipinski definition) is 1. The molecule has 158 valence electrons. The summed E-state index contributed by atoms with van der Waals surface area (Å²) < 4.78 is 5.66. The van der Waals surface area contributed by atoms with Gasteiger partial charge < -0.3 is 9.84 Å². The van der Waals surface area contributed by atoms with Crippen molar-refractivity contribution in [3.63, 3.8) is 0 Å². The second kappa shape index (κ2) is 8.78. The number of carbonyl (C=O) groups excluding carboxylic acids is 1. The van der Waals surface area contributed by atoms with Crippen molar-refractivity contribution in [2.75, 3.05) is 6.54 Å². The molecule has 6 nitrogen and oxygen atoms in total. The lowest BCUT2D eigenvalue weighted by Gasteiger charge is -2.34. The summed E-state index contributed by atoms with van der Waals surface area (Å²) in [6.45, 7) is 8.12.